The number of hydrogen-bond donors (Lipinski definition) is 1. The van der Waals surface area contributed by atoms with Crippen molar-refractivity contribution in [1.82, 2.24) is 10.2 Å². The minimum atomic E-state index is 0.417. The van der Waals surface area contributed by atoms with Crippen molar-refractivity contribution in [3.63, 3.8) is 0 Å². The van der Waals surface area contributed by atoms with Crippen LogP contribution in [0.4, 0.5) is 0 Å². The Labute approximate surface area is 121 Å². The molecular weight excluding hydrogens is 244 g/mol. The summed E-state index contributed by atoms with van der Waals surface area (Å²) in [6.45, 7) is 4.70. The van der Waals surface area contributed by atoms with E-state index in [0.29, 0.717) is 6.04 Å². The van der Waals surface area contributed by atoms with Gasteiger partial charge in [-0.05, 0) is 55.8 Å². The Balaban J connectivity index is 1.83. The summed E-state index contributed by atoms with van der Waals surface area (Å²) in [6, 6.07) is 16.6. The summed E-state index contributed by atoms with van der Waals surface area (Å²) < 4.78 is 0. The molecule has 20 heavy (non-hydrogen) atoms. The first-order chi connectivity index (χ1) is 9.78. The number of likely N-dealkylation sites (N-methyl/N-ethyl adjacent to an activating group) is 1. The number of nitrogens with zero attached hydrogens (tertiary/aromatic N) is 1. The maximum Gasteiger partial charge on any atom is 0.0447 e. The molecule has 1 saturated heterocycles. The van der Waals surface area contributed by atoms with Gasteiger partial charge in [-0.3, -0.25) is 4.90 Å². The summed E-state index contributed by atoms with van der Waals surface area (Å²) in [5.74, 6) is 0. The highest BCUT2D eigenvalue weighted by Gasteiger charge is 2.23. The molecule has 1 aliphatic rings. The van der Waals surface area contributed by atoms with Gasteiger partial charge in [-0.1, -0.05) is 36.4 Å². The number of benzene rings is 2. The highest BCUT2D eigenvalue weighted by Crippen LogP contribution is 2.24. The molecule has 2 aromatic rings. The molecule has 0 bridgehead atoms. The smallest absolute Gasteiger partial charge is 0.0447 e. The van der Waals surface area contributed by atoms with Gasteiger partial charge < -0.3 is 5.32 Å². The summed E-state index contributed by atoms with van der Waals surface area (Å²) in [7, 11) is 2.07. The van der Waals surface area contributed by atoms with Crippen molar-refractivity contribution < 1.29 is 0 Å². The van der Waals surface area contributed by atoms with Gasteiger partial charge in [-0.15, -0.1) is 0 Å². The predicted octanol–water partition coefficient (Wildman–Crippen LogP) is 3.58. The molecule has 1 heterocycles. The second kappa shape index (κ2) is 5.94. The van der Waals surface area contributed by atoms with Crippen molar-refractivity contribution in [2.45, 2.75) is 31.8 Å². The lowest BCUT2D eigenvalue weighted by Gasteiger charge is -2.27. The molecule has 1 N–H and O–H groups in total. The number of likely N-dealkylation sites (tertiary alicyclic amines) is 1. The van der Waals surface area contributed by atoms with Gasteiger partial charge in [0.05, 0.1) is 0 Å². The van der Waals surface area contributed by atoms with Crippen LogP contribution in [0.5, 0.6) is 0 Å². The summed E-state index contributed by atoms with van der Waals surface area (Å²) in [4.78, 5) is 2.61. The Bertz CT molecular complexity index is 578. The molecule has 106 valence electrons. The largest absolute Gasteiger partial charge is 0.312 e. The van der Waals surface area contributed by atoms with Crippen molar-refractivity contribution in [2.75, 3.05) is 20.1 Å². The van der Waals surface area contributed by atoms with E-state index >= 15 is 0 Å². The van der Waals surface area contributed by atoms with E-state index in [1.54, 1.807) is 0 Å². The van der Waals surface area contributed by atoms with Crippen molar-refractivity contribution in [3.8, 4) is 0 Å². The van der Waals surface area contributed by atoms with E-state index in [-0.39, 0.29) is 0 Å². The van der Waals surface area contributed by atoms with Gasteiger partial charge in [-0.2, -0.15) is 0 Å². The maximum atomic E-state index is 3.49. The average molecular weight is 268 g/mol. The standard InChI is InChI=1S/C18H24N2/c1-14-6-5-11-20(14)13-18(19-2)17-10-9-15-7-3-4-8-16(15)12-17/h3-4,7-10,12,14,18-19H,5-6,11,13H2,1-2H3. The summed E-state index contributed by atoms with van der Waals surface area (Å²) >= 11 is 0. The molecule has 2 atom stereocenters. The fourth-order valence-electron chi connectivity index (χ4n) is 3.29. The Kier molecular flexibility index (Phi) is 4.04. The zero-order chi connectivity index (χ0) is 13.9. The lowest BCUT2D eigenvalue weighted by Crippen LogP contribution is -2.35. The summed E-state index contributed by atoms with van der Waals surface area (Å²) in [5, 5.41) is 6.14. The topological polar surface area (TPSA) is 15.3 Å². The first-order valence-corrected chi connectivity index (χ1v) is 7.68. The molecular formula is C18H24N2. The Morgan fingerprint density at radius 3 is 2.70 bits per heavy atom. The van der Waals surface area contributed by atoms with Crippen molar-refractivity contribution in [3.05, 3.63) is 48.0 Å². The first-order valence-electron chi connectivity index (χ1n) is 7.68. The zero-order valence-electron chi connectivity index (χ0n) is 12.5. The van der Waals surface area contributed by atoms with Crippen LogP contribution in [0.15, 0.2) is 42.5 Å². The second-order valence-corrected chi connectivity index (χ2v) is 5.93. The maximum absolute atomic E-state index is 3.49. The SMILES string of the molecule is CNC(CN1CCCC1C)c1ccc2ccccc2c1. The van der Waals surface area contributed by atoms with Gasteiger partial charge in [0.2, 0.25) is 0 Å². The van der Waals surface area contributed by atoms with E-state index in [0.717, 1.165) is 12.6 Å². The highest BCUT2D eigenvalue weighted by molar-refractivity contribution is 5.83. The van der Waals surface area contributed by atoms with Crippen molar-refractivity contribution in [1.29, 1.82) is 0 Å². The van der Waals surface area contributed by atoms with Crippen LogP contribution in [0.2, 0.25) is 0 Å². The molecule has 0 aliphatic carbocycles. The van der Waals surface area contributed by atoms with E-state index in [4.69, 9.17) is 0 Å². The molecule has 0 spiro atoms. The number of rotatable bonds is 4. The highest BCUT2D eigenvalue weighted by atomic mass is 15.2. The summed E-state index contributed by atoms with van der Waals surface area (Å²) in [5.41, 5.74) is 1.39. The van der Waals surface area contributed by atoms with Crippen molar-refractivity contribution in [2.24, 2.45) is 0 Å². The van der Waals surface area contributed by atoms with Gasteiger partial charge in [-0.25, -0.2) is 0 Å². The van der Waals surface area contributed by atoms with Crippen LogP contribution in [0.1, 0.15) is 31.4 Å². The predicted molar refractivity (Wildman–Crippen MR) is 86.0 cm³/mol. The fourth-order valence-corrected chi connectivity index (χ4v) is 3.29. The normalized spacial score (nSPS) is 21.4. The minimum absolute atomic E-state index is 0.417. The van der Waals surface area contributed by atoms with Crippen LogP contribution in [0.25, 0.3) is 10.8 Å². The Morgan fingerprint density at radius 1 is 1.20 bits per heavy atom. The molecule has 0 saturated carbocycles. The lowest BCUT2D eigenvalue weighted by molar-refractivity contribution is 0.241. The van der Waals surface area contributed by atoms with Gasteiger partial charge in [0.25, 0.3) is 0 Å². The molecule has 3 rings (SSSR count). The van der Waals surface area contributed by atoms with Gasteiger partial charge in [0.1, 0.15) is 0 Å². The summed E-state index contributed by atoms with van der Waals surface area (Å²) in [6.07, 6.45) is 2.68. The van der Waals surface area contributed by atoms with Crippen LogP contribution in [-0.4, -0.2) is 31.1 Å². The van der Waals surface area contributed by atoms with Crippen LogP contribution in [0, 0.1) is 0 Å². The number of fused-ring (bicyclic) bond motifs is 1. The van der Waals surface area contributed by atoms with E-state index < -0.39 is 0 Å². The number of hydrogen-bond acceptors (Lipinski definition) is 2. The lowest BCUT2D eigenvalue weighted by atomic mass is 10.0. The van der Waals surface area contributed by atoms with Crippen LogP contribution < -0.4 is 5.32 Å². The molecule has 0 radical (unpaired) electrons. The molecule has 1 fully saturated rings. The molecule has 1 aliphatic heterocycles. The third-order valence-electron chi connectivity index (χ3n) is 4.63. The molecule has 0 aromatic heterocycles. The Morgan fingerprint density at radius 2 is 2.00 bits per heavy atom. The quantitative estimate of drug-likeness (QED) is 0.911. The van der Waals surface area contributed by atoms with Crippen molar-refractivity contribution >= 4 is 10.8 Å². The molecule has 2 heteroatoms. The first kappa shape index (κ1) is 13.6. The van der Waals surface area contributed by atoms with Gasteiger partial charge in [0.15, 0.2) is 0 Å². The zero-order valence-corrected chi connectivity index (χ0v) is 12.5. The molecule has 2 nitrogen and oxygen atoms in total. The van der Waals surface area contributed by atoms with Crippen LogP contribution in [0.3, 0.4) is 0 Å². The molecule has 2 unspecified atom stereocenters. The van der Waals surface area contributed by atoms with E-state index in [1.165, 1.54) is 35.7 Å². The van der Waals surface area contributed by atoms with E-state index in [9.17, 15) is 0 Å². The minimum Gasteiger partial charge on any atom is -0.312 e. The Hall–Kier alpha value is -1.38. The second-order valence-electron chi connectivity index (χ2n) is 5.93. The molecule has 0 amide bonds. The monoisotopic (exact) mass is 268 g/mol. The van der Waals surface area contributed by atoms with Gasteiger partial charge >= 0.3 is 0 Å². The fraction of sp³-hybridized carbons (Fsp3) is 0.444. The molecule has 2 aromatic carbocycles. The van der Waals surface area contributed by atoms with E-state index in [2.05, 4.69) is 66.7 Å². The van der Waals surface area contributed by atoms with E-state index in [1.807, 2.05) is 0 Å². The third-order valence-corrected chi connectivity index (χ3v) is 4.63. The van der Waals surface area contributed by atoms with Gasteiger partial charge in [0, 0.05) is 18.6 Å². The number of nitrogens with one attached hydrogen (secondary N) is 1. The van der Waals surface area contributed by atoms with Crippen LogP contribution in [-0.2, 0) is 0 Å². The average Bonchev–Trinajstić information content (AvgIpc) is 2.89. The third kappa shape index (κ3) is 2.72. The van der Waals surface area contributed by atoms with Crippen LogP contribution >= 0.6 is 0 Å².